The van der Waals surface area contributed by atoms with E-state index in [4.69, 9.17) is 4.74 Å². The smallest absolute Gasteiger partial charge is 0.339 e. The van der Waals surface area contributed by atoms with E-state index in [0.717, 1.165) is 24.9 Å². The summed E-state index contributed by atoms with van der Waals surface area (Å²) in [5.74, 6) is -0.458. The Bertz CT molecular complexity index is 740. The number of carbonyl (C=O) groups is 2. The summed E-state index contributed by atoms with van der Waals surface area (Å²) in [6, 6.07) is 11.6. The molecule has 1 aromatic heterocycles. The Balaban J connectivity index is 1.57. The standard InChI is InChI=1S/C18H17NO3S/c20-17(19-9-3-7-14(19)16-8-4-10-23-16)15-11-12-5-1-2-6-13(12)18(21)22-15/h1-2,4-6,8,10,14-15H,3,7,9,11H2/t14-,15+/m1/s1. The molecule has 1 aromatic carbocycles. The van der Waals surface area contributed by atoms with E-state index < -0.39 is 12.1 Å². The first-order valence-corrected chi connectivity index (χ1v) is 8.75. The number of fused-ring (bicyclic) bond motifs is 1. The van der Waals surface area contributed by atoms with Crippen molar-refractivity contribution >= 4 is 23.2 Å². The summed E-state index contributed by atoms with van der Waals surface area (Å²) in [7, 11) is 0. The van der Waals surface area contributed by atoms with Gasteiger partial charge in [-0.3, -0.25) is 4.79 Å². The quantitative estimate of drug-likeness (QED) is 0.796. The zero-order chi connectivity index (χ0) is 15.8. The van der Waals surface area contributed by atoms with Gasteiger partial charge < -0.3 is 9.64 Å². The lowest BCUT2D eigenvalue weighted by Crippen LogP contribution is -2.44. The second kappa shape index (κ2) is 5.81. The van der Waals surface area contributed by atoms with E-state index in [9.17, 15) is 9.59 Å². The number of hydrogen-bond acceptors (Lipinski definition) is 4. The van der Waals surface area contributed by atoms with Crippen LogP contribution >= 0.6 is 11.3 Å². The Hall–Kier alpha value is -2.14. The molecule has 118 valence electrons. The van der Waals surface area contributed by atoms with Gasteiger partial charge in [0.25, 0.3) is 5.91 Å². The number of likely N-dealkylation sites (tertiary alicyclic amines) is 1. The van der Waals surface area contributed by atoms with Crippen molar-refractivity contribution in [2.45, 2.75) is 31.4 Å². The molecular weight excluding hydrogens is 310 g/mol. The minimum Gasteiger partial charge on any atom is -0.448 e. The van der Waals surface area contributed by atoms with Gasteiger partial charge in [-0.25, -0.2) is 4.79 Å². The van der Waals surface area contributed by atoms with Crippen LogP contribution in [-0.4, -0.2) is 29.4 Å². The van der Waals surface area contributed by atoms with E-state index in [2.05, 4.69) is 6.07 Å². The van der Waals surface area contributed by atoms with Crippen LogP contribution in [-0.2, 0) is 16.0 Å². The van der Waals surface area contributed by atoms with Crippen LogP contribution in [0.2, 0.25) is 0 Å². The molecule has 2 atom stereocenters. The van der Waals surface area contributed by atoms with Gasteiger partial charge in [0, 0.05) is 17.8 Å². The number of thiophene rings is 1. The Morgan fingerprint density at radius 1 is 1.22 bits per heavy atom. The molecule has 2 aliphatic rings. The number of nitrogens with zero attached hydrogens (tertiary/aromatic N) is 1. The van der Waals surface area contributed by atoms with Gasteiger partial charge in [0.15, 0.2) is 6.10 Å². The number of benzene rings is 1. The Morgan fingerprint density at radius 3 is 2.91 bits per heavy atom. The molecule has 0 bridgehead atoms. The van der Waals surface area contributed by atoms with Crippen molar-refractivity contribution in [1.82, 2.24) is 4.90 Å². The highest BCUT2D eigenvalue weighted by molar-refractivity contribution is 7.10. The van der Waals surface area contributed by atoms with Gasteiger partial charge >= 0.3 is 5.97 Å². The van der Waals surface area contributed by atoms with Crippen molar-refractivity contribution < 1.29 is 14.3 Å². The molecule has 0 aliphatic carbocycles. The molecule has 0 N–H and O–H groups in total. The van der Waals surface area contributed by atoms with Crippen molar-refractivity contribution in [3.63, 3.8) is 0 Å². The third kappa shape index (κ3) is 2.55. The molecule has 1 saturated heterocycles. The summed E-state index contributed by atoms with van der Waals surface area (Å²) in [5.41, 5.74) is 1.47. The number of esters is 1. The van der Waals surface area contributed by atoms with Crippen LogP contribution < -0.4 is 0 Å². The molecule has 4 nitrogen and oxygen atoms in total. The summed E-state index contributed by atoms with van der Waals surface area (Å²) in [4.78, 5) is 28.1. The third-order valence-electron chi connectivity index (χ3n) is 4.57. The fourth-order valence-electron chi connectivity index (χ4n) is 3.46. The molecule has 1 fully saturated rings. The Morgan fingerprint density at radius 2 is 2.09 bits per heavy atom. The minimum absolute atomic E-state index is 0.0660. The molecule has 4 rings (SSSR count). The zero-order valence-corrected chi connectivity index (χ0v) is 13.4. The molecule has 1 amide bonds. The summed E-state index contributed by atoms with van der Waals surface area (Å²) < 4.78 is 5.43. The first-order valence-electron chi connectivity index (χ1n) is 7.87. The maximum Gasteiger partial charge on any atom is 0.339 e. The molecule has 2 aliphatic heterocycles. The lowest BCUT2D eigenvalue weighted by Gasteiger charge is -2.30. The van der Waals surface area contributed by atoms with E-state index in [1.54, 1.807) is 17.4 Å². The van der Waals surface area contributed by atoms with Crippen LogP contribution in [0.3, 0.4) is 0 Å². The molecule has 0 unspecified atom stereocenters. The highest BCUT2D eigenvalue weighted by Crippen LogP contribution is 2.35. The second-order valence-corrected chi connectivity index (χ2v) is 6.94. The van der Waals surface area contributed by atoms with Crippen molar-refractivity contribution in [3.05, 3.63) is 57.8 Å². The first-order chi connectivity index (χ1) is 11.2. The van der Waals surface area contributed by atoms with E-state index in [-0.39, 0.29) is 11.9 Å². The molecule has 23 heavy (non-hydrogen) atoms. The van der Waals surface area contributed by atoms with E-state index >= 15 is 0 Å². The lowest BCUT2D eigenvalue weighted by molar-refractivity contribution is -0.142. The van der Waals surface area contributed by atoms with E-state index in [1.807, 2.05) is 34.5 Å². The van der Waals surface area contributed by atoms with Crippen molar-refractivity contribution in [1.29, 1.82) is 0 Å². The molecule has 0 radical (unpaired) electrons. The third-order valence-corrected chi connectivity index (χ3v) is 5.55. The molecular formula is C18H17NO3S. The summed E-state index contributed by atoms with van der Waals surface area (Å²) in [6.45, 7) is 0.733. The molecule has 2 aromatic rings. The molecule has 0 saturated carbocycles. The number of amides is 1. The monoisotopic (exact) mass is 327 g/mol. The number of hydrogen-bond donors (Lipinski definition) is 0. The molecule has 0 spiro atoms. The summed E-state index contributed by atoms with van der Waals surface area (Å²) in [5, 5.41) is 2.03. The van der Waals surface area contributed by atoms with Gasteiger partial charge in [-0.1, -0.05) is 24.3 Å². The number of ether oxygens (including phenoxy) is 1. The topological polar surface area (TPSA) is 46.6 Å². The highest BCUT2D eigenvalue weighted by atomic mass is 32.1. The number of cyclic esters (lactones) is 1. The maximum absolute atomic E-state index is 12.9. The largest absolute Gasteiger partial charge is 0.448 e. The average Bonchev–Trinajstić information content (AvgIpc) is 3.25. The van der Waals surface area contributed by atoms with Crippen LogP contribution in [0.4, 0.5) is 0 Å². The Kier molecular flexibility index (Phi) is 3.65. The van der Waals surface area contributed by atoms with Crippen LogP contribution in [0, 0.1) is 0 Å². The maximum atomic E-state index is 12.9. The summed E-state index contributed by atoms with van der Waals surface area (Å²) >= 11 is 1.68. The van der Waals surface area contributed by atoms with Crippen molar-refractivity contribution in [2.24, 2.45) is 0 Å². The second-order valence-electron chi connectivity index (χ2n) is 5.96. The van der Waals surface area contributed by atoms with Gasteiger partial charge in [-0.2, -0.15) is 0 Å². The molecule has 5 heteroatoms. The van der Waals surface area contributed by atoms with Crippen LogP contribution in [0.1, 0.15) is 39.7 Å². The van der Waals surface area contributed by atoms with Crippen LogP contribution in [0.25, 0.3) is 0 Å². The van der Waals surface area contributed by atoms with E-state index in [1.165, 1.54) is 4.88 Å². The summed E-state index contributed by atoms with van der Waals surface area (Å²) in [6.07, 6.45) is 1.74. The highest BCUT2D eigenvalue weighted by Gasteiger charge is 2.38. The average molecular weight is 327 g/mol. The number of carbonyl (C=O) groups excluding carboxylic acids is 2. The Labute approximate surface area is 138 Å². The normalized spacial score (nSPS) is 23.5. The fraction of sp³-hybridized carbons (Fsp3) is 0.333. The SMILES string of the molecule is O=C1O[C@H](C(=O)N2CCC[C@@H]2c2cccs2)Cc2ccccc21. The van der Waals surface area contributed by atoms with Crippen LogP contribution in [0.15, 0.2) is 41.8 Å². The lowest BCUT2D eigenvalue weighted by atomic mass is 9.98. The predicted molar refractivity (Wildman–Crippen MR) is 87.4 cm³/mol. The van der Waals surface area contributed by atoms with Gasteiger partial charge in [0.05, 0.1) is 11.6 Å². The van der Waals surface area contributed by atoms with Crippen molar-refractivity contribution in [3.8, 4) is 0 Å². The number of rotatable bonds is 2. The molecule has 3 heterocycles. The van der Waals surface area contributed by atoms with E-state index in [0.29, 0.717) is 12.0 Å². The van der Waals surface area contributed by atoms with Gasteiger partial charge in [-0.05, 0) is 35.9 Å². The van der Waals surface area contributed by atoms with Gasteiger partial charge in [0.2, 0.25) is 0 Å². The minimum atomic E-state index is -0.696. The van der Waals surface area contributed by atoms with Gasteiger partial charge in [-0.15, -0.1) is 11.3 Å². The first kappa shape index (κ1) is 14.5. The zero-order valence-electron chi connectivity index (χ0n) is 12.6. The van der Waals surface area contributed by atoms with Gasteiger partial charge in [0.1, 0.15) is 0 Å². The van der Waals surface area contributed by atoms with Crippen molar-refractivity contribution in [2.75, 3.05) is 6.54 Å². The predicted octanol–water partition coefficient (Wildman–Crippen LogP) is 3.19. The fourth-order valence-corrected chi connectivity index (χ4v) is 4.33. The van der Waals surface area contributed by atoms with Crippen LogP contribution in [0.5, 0.6) is 0 Å².